The van der Waals surface area contributed by atoms with E-state index >= 15 is 0 Å². The van der Waals surface area contributed by atoms with Crippen LogP contribution >= 0.6 is 11.6 Å². The van der Waals surface area contributed by atoms with Crippen molar-refractivity contribution in [1.82, 2.24) is 0 Å². The number of hydrogen-bond acceptors (Lipinski definition) is 2. The molecule has 1 aliphatic rings. The first kappa shape index (κ1) is 10.9. The summed E-state index contributed by atoms with van der Waals surface area (Å²) in [4.78, 5) is 0. The van der Waals surface area contributed by atoms with Crippen molar-refractivity contribution >= 4 is 11.6 Å². The summed E-state index contributed by atoms with van der Waals surface area (Å²) < 4.78 is 5.77. The standard InChI is InChI=1S/C12H16ClNO/c13-10-6-4-9(5-7-10)8-15-12-3-1-2-11(12)14/h4-7,11-12H,1-3,8,14H2. The lowest BCUT2D eigenvalue weighted by Gasteiger charge is -2.16. The molecule has 0 heterocycles. The molecule has 1 fully saturated rings. The molecule has 0 amide bonds. The zero-order chi connectivity index (χ0) is 10.7. The first-order chi connectivity index (χ1) is 7.25. The molecule has 2 nitrogen and oxygen atoms in total. The molecule has 2 unspecified atom stereocenters. The molecule has 1 saturated carbocycles. The van der Waals surface area contributed by atoms with Crippen molar-refractivity contribution in [3.05, 3.63) is 34.9 Å². The van der Waals surface area contributed by atoms with Crippen LogP contribution < -0.4 is 5.73 Å². The third-order valence-corrected chi connectivity index (χ3v) is 3.13. The summed E-state index contributed by atoms with van der Waals surface area (Å²) in [5.41, 5.74) is 7.07. The molecule has 0 radical (unpaired) electrons. The zero-order valence-corrected chi connectivity index (χ0v) is 9.41. The largest absolute Gasteiger partial charge is 0.372 e. The monoisotopic (exact) mass is 225 g/mol. The highest BCUT2D eigenvalue weighted by molar-refractivity contribution is 6.30. The first-order valence-corrected chi connectivity index (χ1v) is 5.75. The molecular weight excluding hydrogens is 210 g/mol. The van der Waals surface area contributed by atoms with Crippen LogP contribution in [0.3, 0.4) is 0 Å². The highest BCUT2D eigenvalue weighted by Crippen LogP contribution is 2.21. The van der Waals surface area contributed by atoms with Crippen LogP contribution in [-0.2, 0) is 11.3 Å². The molecule has 0 aromatic heterocycles. The lowest BCUT2D eigenvalue weighted by molar-refractivity contribution is 0.0357. The van der Waals surface area contributed by atoms with Crippen molar-refractivity contribution in [3.8, 4) is 0 Å². The van der Waals surface area contributed by atoms with Crippen molar-refractivity contribution in [3.63, 3.8) is 0 Å². The minimum Gasteiger partial charge on any atom is -0.372 e. The predicted octanol–water partition coefficient (Wildman–Crippen LogP) is 2.74. The molecule has 1 aromatic rings. The summed E-state index contributed by atoms with van der Waals surface area (Å²) in [6.07, 6.45) is 3.60. The molecule has 0 bridgehead atoms. The summed E-state index contributed by atoms with van der Waals surface area (Å²) >= 11 is 5.80. The molecule has 2 N–H and O–H groups in total. The highest BCUT2D eigenvalue weighted by Gasteiger charge is 2.24. The number of ether oxygens (including phenoxy) is 1. The average Bonchev–Trinajstić information content (AvgIpc) is 2.63. The lowest BCUT2D eigenvalue weighted by Crippen LogP contribution is -2.31. The van der Waals surface area contributed by atoms with E-state index in [9.17, 15) is 0 Å². The van der Waals surface area contributed by atoms with Gasteiger partial charge in [-0.2, -0.15) is 0 Å². The molecule has 2 rings (SSSR count). The van der Waals surface area contributed by atoms with Crippen LogP contribution in [0.4, 0.5) is 0 Å². The van der Waals surface area contributed by atoms with Gasteiger partial charge >= 0.3 is 0 Å². The topological polar surface area (TPSA) is 35.2 Å². The van der Waals surface area contributed by atoms with E-state index in [4.69, 9.17) is 22.1 Å². The Kier molecular flexibility index (Phi) is 3.62. The Morgan fingerprint density at radius 3 is 2.60 bits per heavy atom. The summed E-state index contributed by atoms with van der Waals surface area (Å²) in [6.45, 7) is 0.634. The van der Waals surface area contributed by atoms with E-state index in [1.165, 1.54) is 6.42 Å². The van der Waals surface area contributed by atoms with E-state index in [2.05, 4.69) is 0 Å². The number of rotatable bonds is 3. The molecule has 0 spiro atoms. The van der Waals surface area contributed by atoms with Gasteiger partial charge in [0.15, 0.2) is 0 Å². The molecule has 2 atom stereocenters. The van der Waals surface area contributed by atoms with Crippen LogP contribution in [0.1, 0.15) is 24.8 Å². The maximum absolute atomic E-state index is 5.92. The second kappa shape index (κ2) is 4.97. The van der Waals surface area contributed by atoms with E-state index in [1.54, 1.807) is 0 Å². The van der Waals surface area contributed by atoms with Gasteiger partial charge < -0.3 is 10.5 Å². The van der Waals surface area contributed by atoms with Gasteiger partial charge in [-0.15, -0.1) is 0 Å². The van der Waals surface area contributed by atoms with E-state index in [-0.39, 0.29) is 12.1 Å². The van der Waals surface area contributed by atoms with Crippen LogP contribution in [0.5, 0.6) is 0 Å². The fraction of sp³-hybridized carbons (Fsp3) is 0.500. The van der Waals surface area contributed by atoms with E-state index in [1.807, 2.05) is 24.3 Å². The Bertz CT molecular complexity index is 312. The maximum Gasteiger partial charge on any atom is 0.0730 e. The molecule has 1 aromatic carbocycles. The van der Waals surface area contributed by atoms with E-state index in [0.29, 0.717) is 6.61 Å². The van der Waals surface area contributed by atoms with Gasteiger partial charge in [-0.25, -0.2) is 0 Å². The number of halogens is 1. The Labute approximate surface area is 95.4 Å². The van der Waals surface area contributed by atoms with Gasteiger partial charge in [-0.1, -0.05) is 23.7 Å². The van der Waals surface area contributed by atoms with Gasteiger partial charge in [0.1, 0.15) is 0 Å². The Morgan fingerprint density at radius 2 is 2.00 bits per heavy atom. The van der Waals surface area contributed by atoms with Crippen LogP contribution in [0, 0.1) is 0 Å². The minimum absolute atomic E-state index is 0.220. The van der Waals surface area contributed by atoms with Gasteiger partial charge in [0.2, 0.25) is 0 Å². The SMILES string of the molecule is NC1CCCC1OCc1ccc(Cl)cc1. The Hall–Kier alpha value is -0.570. The Balaban J connectivity index is 1.85. The zero-order valence-electron chi connectivity index (χ0n) is 8.66. The summed E-state index contributed by atoms with van der Waals surface area (Å²) in [5, 5.41) is 0.760. The fourth-order valence-electron chi connectivity index (χ4n) is 1.95. The number of benzene rings is 1. The van der Waals surface area contributed by atoms with Crippen LogP contribution in [0.25, 0.3) is 0 Å². The maximum atomic E-state index is 5.92. The molecular formula is C12H16ClNO. The average molecular weight is 226 g/mol. The molecule has 82 valence electrons. The van der Waals surface area contributed by atoms with Crippen LogP contribution in [-0.4, -0.2) is 12.1 Å². The second-order valence-corrected chi connectivity index (χ2v) is 4.51. The molecule has 3 heteroatoms. The van der Waals surface area contributed by atoms with Crippen molar-refractivity contribution in [2.24, 2.45) is 5.73 Å². The Morgan fingerprint density at radius 1 is 1.27 bits per heavy atom. The molecule has 1 aliphatic carbocycles. The molecule has 0 aliphatic heterocycles. The van der Waals surface area contributed by atoms with Crippen LogP contribution in [0.15, 0.2) is 24.3 Å². The number of hydrogen-bond donors (Lipinski definition) is 1. The summed E-state index contributed by atoms with van der Waals surface area (Å²) in [6, 6.07) is 7.97. The molecule has 0 saturated heterocycles. The summed E-state index contributed by atoms with van der Waals surface area (Å²) in [5.74, 6) is 0. The second-order valence-electron chi connectivity index (χ2n) is 4.07. The normalized spacial score (nSPS) is 25.7. The van der Waals surface area contributed by atoms with Crippen molar-refractivity contribution < 1.29 is 4.74 Å². The van der Waals surface area contributed by atoms with Gasteiger partial charge in [0, 0.05) is 11.1 Å². The van der Waals surface area contributed by atoms with Crippen molar-refractivity contribution in [2.45, 2.75) is 38.0 Å². The first-order valence-electron chi connectivity index (χ1n) is 5.37. The van der Waals surface area contributed by atoms with E-state index < -0.39 is 0 Å². The van der Waals surface area contributed by atoms with Gasteiger partial charge in [0.25, 0.3) is 0 Å². The highest BCUT2D eigenvalue weighted by atomic mass is 35.5. The summed E-state index contributed by atoms with van der Waals surface area (Å²) in [7, 11) is 0. The smallest absolute Gasteiger partial charge is 0.0730 e. The molecule has 15 heavy (non-hydrogen) atoms. The minimum atomic E-state index is 0.220. The lowest BCUT2D eigenvalue weighted by atomic mass is 10.2. The third kappa shape index (κ3) is 2.94. The predicted molar refractivity (Wildman–Crippen MR) is 61.9 cm³/mol. The van der Waals surface area contributed by atoms with Gasteiger partial charge in [-0.3, -0.25) is 0 Å². The van der Waals surface area contributed by atoms with Gasteiger partial charge in [-0.05, 0) is 37.0 Å². The van der Waals surface area contributed by atoms with Gasteiger partial charge in [0.05, 0.1) is 12.7 Å². The van der Waals surface area contributed by atoms with E-state index in [0.717, 1.165) is 23.4 Å². The third-order valence-electron chi connectivity index (χ3n) is 2.88. The van der Waals surface area contributed by atoms with Crippen molar-refractivity contribution in [2.75, 3.05) is 0 Å². The quantitative estimate of drug-likeness (QED) is 0.859. The fourth-order valence-corrected chi connectivity index (χ4v) is 2.07. The number of nitrogens with two attached hydrogens (primary N) is 1. The van der Waals surface area contributed by atoms with Crippen LogP contribution in [0.2, 0.25) is 5.02 Å². The van der Waals surface area contributed by atoms with Crippen molar-refractivity contribution in [1.29, 1.82) is 0 Å².